The molecule has 0 aliphatic rings. The second-order valence-corrected chi connectivity index (χ2v) is 2.44. The van der Waals surface area contributed by atoms with Gasteiger partial charge >= 0.3 is 0 Å². The SMILES string of the molecule is C=COCC(C)OCCCC#N. The Morgan fingerprint density at radius 1 is 1.67 bits per heavy atom. The lowest BCUT2D eigenvalue weighted by Gasteiger charge is -2.11. The van der Waals surface area contributed by atoms with Crippen LogP contribution in [-0.4, -0.2) is 19.3 Å². The molecule has 1 unspecified atom stereocenters. The molecule has 0 aromatic rings. The first-order valence-corrected chi connectivity index (χ1v) is 4.02. The first-order chi connectivity index (χ1) is 5.81. The minimum absolute atomic E-state index is 0.0710. The van der Waals surface area contributed by atoms with Gasteiger partial charge in [0.05, 0.1) is 18.4 Å². The Kier molecular flexibility index (Phi) is 7.41. The molecule has 0 amide bonds. The van der Waals surface area contributed by atoms with Gasteiger partial charge in [0.25, 0.3) is 0 Å². The van der Waals surface area contributed by atoms with Crippen molar-refractivity contribution in [1.82, 2.24) is 0 Å². The molecule has 12 heavy (non-hydrogen) atoms. The van der Waals surface area contributed by atoms with Gasteiger partial charge in [0.15, 0.2) is 0 Å². The van der Waals surface area contributed by atoms with Crippen LogP contribution in [0.15, 0.2) is 12.8 Å². The maximum Gasteiger partial charge on any atom is 0.113 e. The van der Waals surface area contributed by atoms with E-state index < -0.39 is 0 Å². The molecule has 0 radical (unpaired) electrons. The van der Waals surface area contributed by atoms with Crippen LogP contribution >= 0.6 is 0 Å². The lowest BCUT2D eigenvalue weighted by Crippen LogP contribution is -2.14. The summed E-state index contributed by atoms with van der Waals surface area (Å²) in [6.45, 7) is 6.49. The quantitative estimate of drug-likeness (QED) is 0.431. The van der Waals surface area contributed by atoms with Crippen LogP contribution in [0.2, 0.25) is 0 Å². The number of nitrogens with zero attached hydrogens (tertiary/aromatic N) is 1. The average molecular weight is 169 g/mol. The standard InChI is InChI=1S/C9H15NO2/c1-3-11-8-9(2)12-7-5-4-6-10/h3,9H,1,4-5,7-8H2,2H3. The van der Waals surface area contributed by atoms with Crippen molar-refractivity contribution >= 4 is 0 Å². The lowest BCUT2D eigenvalue weighted by atomic mass is 10.3. The Hall–Kier alpha value is -1.01. The maximum atomic E-state index is 8.23. The Morgan fingerprint density at radius 3 is 3.00 bits per heavy atom. The molecule has 0 saturated carbocycles. The Morgan fingerprint density at radius 2 is 2.42 bits per heavy atom. The average Bonchev–Trinajstić information content (AvgIpc) is 2.09. The van der Waals surface area contributed by atoms with Crippen LogP contribution in [-0.2, 0) is 9.47 Å². The second kappa shape index (κ2) is 8.09. The molecular formula is C9H15NO2. The minimum atomic E-state index is 0.0710. The van der Waals surface area contributed by atoms with E-state index in [1.54, 1.807) is 0 Å². The summed E-state index contributed by atoms with van der Waals surface area (Å²) in [6.07, 6.45) is 2.81. The van der Waals surface area contributed by atoms with E-state index in [9.17, 15) is 0 Å². The summed E-state index contributed by atoms with van der Waals surface area (Å²) in [5, 5.41) is 8.23. The van der Waals surface area contributed by atoms with Crippen LogP contribution < -0.4 is 0 Å². The summed E-state index contributed by atoms with van der Waals surface area (Å²) in [6, 6.07) is 2.06. The van der Waals surface area contributed by atoms with E-state index >= 15 is 0 Å². The third-order valence-electron chi connectivity index (χ3n) is 1.28. The highest BCUT2D eigenvalue weighted by molar-refractivity contribution is 4.67. The molecule has 1 atom stereocenters. The molecule has 0 N–H and O–H groups in total. The fraction of sp³-hybridized carbons (Fsp3) is 0.667. The summed E-state index contributed by atoms with van der Waals surface area (Å²) in [7, 11) is 0. The van der Waals surface area contributed by atoms with Gasteiger partial charge in [-0.1, -0.05) is 6.58 Å². The van der Waals surface area contributed by atoms with E-state index in [0.29, 0.717) is 19.6 Å². The third-order valence-corrected chi connectivity index (χ3v) is 1.28. The monoisotopic (exact) mass is 169 g/mol. The molecule has 0 fully saturated rings. The highest BCUT2D eigenvalue weighted by atomic mass is 16.5. The molecule has 0 aliphatic heterocycles. The van der Waals surface area contributed by atoms with Crippen LogP contribution in [0.1, 0.15) is 19.8 Å². The number of rotatable bonds is 7. The van der Waals surface area contributed by atoms with E-state index in [-0.39, 0.29) is 6.10 Å². The Labute approximate surface area is 73.6 Å². The molecule has 0 spiro atoms. The van der Waals surface area contributed by atoms with Gasteiger partial charge in [-0.25, -0.2) is 0 Å². The first kappa shape index (κ1) is 11.0. The fourth-order valence-electron chi connectivity index (χ4n) is 0.687. The molecule has 68 valence electrons. The Balaban J connectivity index is 3.14. The highest BCUT2D eigenvalue weighted by Crippen LogP contribution is 1.95. The van der Waals surface area contributed by atoms with Gasteiger partial charge in [-0.15, -0.1) is 0 Å². The van der Waals surface area contributed by atoms with Gasteiger partial charge in [-0.05, 0) is 13.3 Å². The molecule has 0 aliphatic carbocycles. The van der Waals surface area contributed by atoms with E-state index in [0.717, 1.165) is 6.42 Å². The summed E-state index contributed by atoms with van der Waals surface area (Å²) >= 11 is 0. The van der Waals surface area contributed by atoms with Crippen LogP contribution in [0.5, 0.6) is 0 Å². The van der Waals surface area contributed by atoms with Crippen molar-refractivity contribution in [2.75, 3.05) is 13.2 Å². The normalized spacial score (nSPS) is 11.7. The summed E-state index contributed by atoms with van der Waals surface area (Å²) in [5.74, 6) is 0. The molecule has 0 bridgehead atoms. The van der Waals surface area contributed by atoms with E-state index in [1.165, 1.54) is 6.26 Å². The largest absolute Gasteiger partial charge is 0.499 e. The van der Waals surface area contributed by atoms with Crippen molar-refractivity contribution < 1.29 is 9.47 Å². The van der Waals surface area contributed by atoms with Crippen molar-refractivity contribution in [2.45, 2.75) is 25.9 Å². The number of ether oxygens (including phenoxy) is 2. The molecule has 0 rings (SSSR count). The lowest BCUT2D eigenvalue weighted by molar-refractivity contribution is 0.0194. The van der Waals surface area contributed by atoms with Crippen molar-refractivity contribution in [3.8, 4) is 6.07 Å². The highest BCUT2D eigenvalue weighted by Gasteiger charge is 1.99. The number of hydrogen-bond donors (Lipinski definition) is 0. The fourth-order valence-corrected chi connectivity index (χ4v) is 0.687. The van der Waals surface area contributed by atoms with Crippen molar-refractivity contribution in [3.63, 3.8) is 0 Å². The van der Waals surface area contributed by atoms with Crippen LogP contribution in [0.25, 0.3) is 0 Å². The van der Waals surface area contributed by atoms with Gasteiger partial charge < -0.3 is 9.47 Å². The number of nitriles is 1. The second-order valence-electron chi connectivity index (χ2n) is 2.44. The van der Waals surface area contributed by atoms with Gasteiger partial charge in [-0.3, -0.25) is 0 Å². The summed E-state index contributed by atoms with van der Waals surface area (Å²) < 4.78 is 10.2. The zero-order chi connectivity index (χ0) is 9.23. The van der Waals surface area contributed by atoms with Gasteiger partial charge in [-0.2, -0.15) is 5.26 Å². The smallest absolute Gasteiger partial charge is 0.113 e. The summed E-state index contributed by atoms with van der Waals surface area (Å²) in [4.78, 5) is 0. The molecule has 0 aromatic carbocycles. The van der Waals surface area contributed by atoms with Crippen LogP contribution in [0, 0.1) is 11.3 Å². The maximum absolute atomic E-state index is 8.23. The van der Waals surface area contributed by atoms with Gasteiger partial charge in [0.2, 0.25) is 0 Å². The molecule has 0 aromatic heterocycles. The zero-order valence-electron chi connectivity index (χ0n) is 7.45. The summed E-state index contributed by atoms with van der Waals surface area (Å²) in [5.41, 5.74) is 0. The number of unbranched alkanes of at least 4 members (excludes halogenated alkanes) is 1. The van der Waals surface area contributed by atoms with Crippen LogP contribution in [0.4, 0.5) is 0 Å². The molecular weight excluding hydrogens is 154 g/mol. The Bertz CT molecular complexity index is 151. The molecule has 3 nitrogen and oxygen atoms in total. The topological polar surface area (TPSA) is 42.2 Å². The van der Waals surface area contributed by atoms with Crippen molar-refractivity contribution in [2.24, 2.45) is 0 Å². The first-order valence-electron chi connectivity index (χ1n) is 4.02. The van der Waals surface area contributed by atoms with E-state index in [2.05, 4.69) is 12.6 Å². The minimum Gasteiger partial charge on any atom is -0.499 e. The molecule has 3 heteroatoms. The molecule has 0 saturated heterocycles. The molecule has 0 heterocycles. The van der Waals surface area contributed by atoms with E-state index in [1.807, 2.05) is 6.92 Å². The van der Waals surface area contributed by atoms with E-state index in [4.69, 9.17) is 14.7 Å². The predicted molar refractivity (Wildman–Crippen MR) is 46.4 cm³/mol. The van der Waals surface area contributed by atoms with Gasteiger partial charge in [0.1, 0.15) is 6.61 Å². The zero-order valence-corrected chi connectivity index (χ0v) is 7.45. The number of hydrogen-bond acceptors (Lipinski definition) is 3. The van der Waals surface area contributed by atoms with Crippen molar-refractivity contribution in [1.29, 1.82) is 5.26 Å². The van der Waals surface area contributed by atoms with Gasteiger partial charge in [0, 0.05) is 13.0 Å². The van der Waals surface area contributed by atoms with Crippen LogP contribution in [0.3, 0.4) is 0 Å². The van der Waals surface area contributed by atoms with Crippen molar-refractivity contribution in [3.05, 3.63) is 12.8 Å². The predicted octanol–water partition coefficient (Wildman–Crippen LogP) is 1.86. The third kappa shape index (κ3) is 7.10.